The van der Waals surface area contributed by atoms with Crippen molar-refractivity contribution in [2.75, 3.05) is 19.6 Å². The minimum atomic E-state index is 0.427. The van der Waals surface area contributed by atoms with E-state index in [0.29, 0.717) is 11.5 Å². The van der Waals surface area contributed by atoms with Crippen molar-refractivity contribution in [3.8, 4) is 0 Å². The van der Waals surface area contributed by atoms with Crippen LogP contribution in [-0.2, 0) is 0 Å². The van der Waals surface area contributed by atoms with Crippen LogP contribution >= 0.6 is 0 Å². The van der Waals surface area contributed by atoms with Crippen molar-refractivity contribution >= 4 is 0 Å². The third kappa shape index (κ3) is 5.43. The van der Waals surface area contributed by atoms with Crippen LogP contribution in [0.2, 0.25) is 0 Å². The molecule has 0 saturated carbocycles. The fraction of sp³-hybridized carbons (Fsp3) is 1.00. The normalized spacial score (nSPS) is 24.3. The van der Waals surface area contributed by atoms with E-state index in [1.807, 2.05) is 0 Å². The predicted molar refractivity (Wildman–Crippen MR) is 85.6 cm³/mol. The van der Waals surface area contributed by atoms with Crippen molar-refractivity contribution in [2.45, 2.75) is 79.3 Å². The number of hydrogen-bond donors (Lipinski definition) is 1. The van der Waals surface area contributed by atoms with Gasteiger partial charge in [-0.15, -0.1) is 0 Å². The summed E-state index contributed by atoms with van der Waals surface area (Å²) in [5, 5.41) is 3.66. The third-order valence-corrected chi connectivity index (χ3v) is 4.56. The summed E-state index contributed by atoms with van der Waals surface area (Å²) >= 11 is 0. The number of nitrogens with one attached hydrogen (secondary N) is 1. The van der Waals surface area contributed by atoms with Gasteiger partial charge in [-0.3, -0.25) is 4.90 Å². The zero-order valence-corrected chi connectivity index (χ0v) is 14.1. The lowest BCUT2D eigenvalue weighted by molar-refractivity contribution is 0.117. The van der Waals surface area contributed by atoms with E-state index >= 15 is 0 Å². The van der Waals surface area contributed by atoms with Crippen LogP contribution in [0, 0.1) is 11.3 Å². The van der Waals surface area contributed by atoms with Gasteiger partial charge in [0.05, 0.1) is 0 Å². The Morgan fingerprint density at radius 1 is 1.26 bits per heavy atom. The highest BCUT2D eigenvalue weighted by Crippen LogP contribution is 2.30. The molecule has 0 spiro atoms. The lowest BCUT2D eigenvalue weighted by Crippen LogP contribution is -2.46. The number of rotatable bonds is 8. The van der Waals surface area contributed by atoms with Crippen LogP contribution in [0.1, 0.15) is 67.2 Å². The van der Waals surface area contributed by atoms with Crippen LogP contribution in [0.15, 0.2) is 0 Å². The van der Waals surface area contributed by atoms with E-state index in [1.165, 1.54) is 38.8 Å². The molecular formula is C17H36N2. The second-order valence-electron chi connectivity index (χ2n) is 7.52. The van der Waals surface area contributed by atoms with Gasteiger partial charge in [0.25, 0.3) is 0 Å². The van der Waals surface area contributed by atoms with E-state index in [4.69, 9.17) is 0 Å². The van der Waals surface area contributed by atoms with Gasteiger partial charge in [-0.2, -0.15) is 0 Å². The van der Waals surface area contributed by atoms with Crippen LogP contribution in [0.25, 0.3) is 0 Å². The Kier molecular flexibility index (Phi) is 6.82. The molecule has 2 unspecified atom stereocenters. The van der Waals surface area contributed by atoms with Gasteiger partial charge in [0.15, 0.2) is 0 Å². The zero-order chi connectivity index (χ0) is 14.5. The summed E-state index contributed by atoms with van der Waals surface area (Å²) in [5.74, 6) is 0.798. The topological polar surface area (TPSA) is 15.3 Å². The van der Waals surface area contributed by atoms with E-state index in [-0.39, 0.29) is 0 Å². The first-order valence-electron chi connectivity index (χ1n) is 8.35. The summed E-state index contributed by atoms with van der Waals surface area (Å²) in [5.41, 5.74) is 0.427. The van der Waals surface area contributed by atoms with Crippen LogP contribution in [0.5, 0.6) is 0 Å². The minimum absolute atomic E-state index is 0.427. The highest BCUT2D eigenvalue weighted by molar-refractivity contribution is 4.88. The van der Waals surface area contributed by atoms with Gasteiger partial charge in [-0.25, -0.2) is 0 Å². The first-order chi connectivity index (χ1) is 8.88. The highest BCUT2D eigenvalue weighted by atomic mass is 15.2. The lowest BCUT2D eigenvalue weighted by atomic mass is 9.84. The first kappa shape index (κ1) is 17.0. The molecule has 0 amide bonds. The van der Waals surface area contributed by atoms with E-state index in [9.17, 15) is 0 Å². The zero-order valence-electron chi connectivity index (χ0n) is 14.1. The maximum absolute atomic E-state index is 3.66. The van der Waals surface area contributed by atoms with Crippen LogP contribution in [-0.4, -0.2) is 36.6 Å². The molecule has 2 nitrogen and oxygen atoms in total. The summed E-state index contributed by atoms with van der Waals surface area (Å²) in [6.07, 6.45) is 5.41. The molecule has 0 aromatic heterocycles. The molecule has 2 atom stereocenters. The molecular weight excluding hydrogens is 232 g/mol. The molecule has 0 aliphatic carbocycles. The van der Waals surface area contributed by atoms with Crippen molar-refractivity contribution in [1.29, 1.82) is 0 Å². The fourth-order valence-corrected chi connectivity index (χ4v) is 3.57. The third-order valence-electron chi connectivity index (χ3n) is 4.56. The van der Waals surface area contributed by atoms with E-state index in [1.54, 1.807) is 0 Å². The predicted octanol–water partition coefficient (Wildman–Crippen LogP) is 3.91. The summed E-state index contributed by atoms with van der Waals surface area (Å²) in [7, 11) is 0. The molecule has 2 heteroatoms. The van der Waals surface area contributed by atoms with Gasteiger partial charge >= 0.3 is 0 Å². The van der Waals surface area contributed by atoms with E-state index in [0.717, 1.165) is 18.5 Å². The van der Waals surface area contributed by atoms with Crippen molar-refractivity contribution in [1.82, 2.24) is 10.2 Å². The quantitative estimate of drug-likeness (QED) is 0.718. The summed E-state index contributed by atoms with van der Waals surface area (Å²) < 4.78 is 0. The molecule has 0 radical (unpaired) electrons. The summed E-state index contributed by atoms with van der Waals surface area (Å²) in [6, 6.07) is 1.41. The van der Waals surface area contributed by atoms with Gasteiger partial charge in [0.1, 0.15) is 0 Å². The van der Waals surface area contributed by atoms with Gasteiger partial charge in [0.2, 0.25) is 0 Å². The van der Waals surface area contributed by atoms with Gasteiger partial charge in [-0.05, 0) is 37.1 Å². The molecule has 114 valence electrons. The van der Waals surface area contributed by atoms with Crippen LogP contribution in [0.3, 0.4) is 0 Å². The highest BCUT2D eigenvalue weighted by Gasteiger charge is 2.33. The van der Waals surface area contributed by atoms with Gasteiger partial charge in [0, 0.05) is 25.2 Å². The summed E-state index contributed by atoms with van der Waals surface area (Å²) in [6.45, 7) is 17.8. The molecule has 0 aromatic rings. The van der Waals surface area contributed by atoms with Crippen molar-refractivity contribution in [2.24, 2.45) is 11.3 Å². The van der Waals surface area contributed by atoms with Gasteiger partial charge in [-0.1, -0.05) is 48.0 Å². The van der Waals surface area contributed by atoms with Crippen molar-refractivity contribution in [3.05, 3.63) is 0 Å². The standard InChI is InChI=1S/C17H36N2/c1-7-10-17(6,12-18-15(4)5)13-19-11-8-9-16(19)14(2)3/h14-16,18H,7-13H2,1-6H3. The van der Waals surface area contributed by atoms with Crippen LogP contribution < -0.4 is 5.32 Å². The maximum atomic E-state index is 3.66. The minimum Gasteiger partial charge on any atom is -0.314 e. The Bertz CT molecular complexity index is 250. The largest absolute Gasteiger partial charge is 0.314 e. The molecule has 1 N–H and O–H groups in total. The number of hydrogen-bond acceptors (Lipinski definition) is 2. The SMILES string of the molecule is CCCC(C)(CNC(C)C)CN1CCCC1C(C)C. The average molecular weight is 268 g/mol. The first-order valence-corrected chi connectivity index (χ1v) is 8.35. The molecule has 1 rings (SSSR count). The number of nitrogens with zero attached hydrogens (tertiary/aromatic N) is 1. The Morgan fingerprint density at radius 3 is 2.47 bits per heavy atom. The molecule has 1 saturated heterocycles. The Hall–Kier alpha value is -0.0800. The molecule has 1 fully saturated rings. The van der Waals surface area contributed by atoms with Crippen molar-refractivity contribution < 1.29 is 0 Å². The Balaban J connectivity index is 2.60. The number of likely N-dealkylation sites (tertiary alicyclic amines) is 1. The second-order valence-corrected chi connectivity index (χ2v) is 7.52. The second kappa shape index (κ2) is 7.64. The molecule has 1 aliphatic rings. The molecule has 19 heavy (non-hydrogen) atoms. The van der Waals surface area contributed by atoms with E-state index < -0.39 is 0 Å². The molecule has 1 aliphatic heterocycles. The summed E-state index contributed by atoms with van der Waals surface area (Å²) in [4.78, 5) is 2.77. The van der Waals surface area contributed by atoms with E-state index in [2.05, 4.69) is 51.8 Å². The smallest absolute Gasteiger partial charge is 0.0119 e. The van der Waals surface area contributed by atoms with Crippen molar-refractivity contribution in [3.63, 3.8) is 0 Å². The monoisotopic (exact) mass is 268 g/mol. The lowest BCUT2D eigenvalue weighted by Gasteiger charge is -2.38. The Morgan fingerprint density at radius 2 is 1.95 bits per heavy atom. The van der Waals surface area contributed by atoms with Gasteiger partial charge < -0.3 is 5.32 Å². The van der Waals surface area contributed by atoms with Crippen LogP contribution in [0.4, 0.5) is 0 Å². The Labute approximate surface area is 121 Å². The molecule has 0 bridgehead atoms. The average Bonchev–Trinajstić information content (AvgIpc) is 2.75. The molecule has 1 heterocycles. The maximum Gasteiger partial charge on any atom is 0.0119 e. The molecule has 0 aromatic carbocycles. The fourth-order valence-electron chi connectivity index (χ4n) is 3.57.